The lowest BCUT2D eigenvalue weighted by Crippen LogP contribution is -2.44. The summed E-state index contributed by atoms with van der Waals surface area (Å²) in [6.07, 6.45) is 3.58. The Morgan fingerprint density at radius 2 is 2.09 bits per heavy atom. The van der Waals surface area contributed by atoms with Crippen molar-refractivity contribution in [2.45, 2.75) is 52.0 Å². The molecule has 0 amide bonds. The van der Waals surface area contributed by atoms with Crippen LogP contribution in [-0.2, 0) is 28.3 Å². The molecule has 0 saturated heterocycles. The monoisotopic (exact) mass is 446 g/mol. The van der Waals surface area contributed by atoms with Gasteiger partial charge in [-0.25, -0.2) is 9.78 Å². The van der Waals surface area contributed by atoms with Gasteiger partial charge in [-0.3, -0.25) is 4.79 Å². The highest BCUT2D eigenvalue weighted by atomic mass is 16.6. The van der Waals surface area contributed by atoms with Gasteiger partial charge in [-0.2, -0.15) is 0 Å². The predicted octanol–water partition coefficient (Wildman–Crippen LogP) is 3.23. The average molecular weight is 446 g/mol. The summed E-state index contributed by atoms with van der Waals surface area (Å²) < 4.78 is 18.5. The quantitative estimate of drug-likeness (QED) is 0.482. The van der Waals surface area contributed by atoms with Crippen molar-refractivity contribution in [3.05, 3.63) is 57.1 Å². The van der Waals surface area contributed by atoms with Gasteiger partial charge in [0.1, 0.15) is 6.61 Å². The van der Waals surface area contributed by atoms with E-state index in [9.17, 15) is 14.7 Å². The molecule has 0 aliphatic carbocycles. The van der Waals surface area contributed by atoms with E-state index in [-0.39, 0.29) is 24.7 Å². The Balaban J connectivity index is 1.62. The van der Waals surface area contributed by atoms with Gasteiger partial charge in [0.2, 0.25) is 0 Å². The summed E-state index contributed by atoms with van der Waals surface area (Å²) in [6.45, 7) is 5.77. The Morgan fingerprint density at radius 3 is 2.85 bits per heavy atom. The van der Waals surface area contributed by atoms with E-state index in [1.165, 1.54) is 0 Å². The average Bonchev–Trinajstić information content (AvgIpc) is 3.17. The second kappa shape index (κ2) is 6.68. The number of pyridine rings is 2. The lowest BCUT2D eigenvalue weighted by atomic mass is 9.86. The molecule has 168 valence electrons. The number of ether oxygens (including phenoxy) is 3. The Hall–Kier alpha value is -3.65. The zero-order valence-electron chi connectivity index (χ0n) is 18.5. The summed E-state index contributed by atoms with van der Waals surface area (Å²) >= 11 is 0. The minimum atomic E-state index is -1.85. The van der Waals surface area contributed by atoms with Gasteiger partial charge >= 0.3 is 5.97 Å². The Bertz CT molecular complexity index is 1470. The van der Waals surface area contributed by atoms with Gasteiger partial charge in [0.15, 0.2) is 17.1 Å². The fourth-order valence-electron chi connectivity index (χ4n) is 4.97. The first-order valence-corrected chi connectivity index (χ1v) is 11.0. The molecule has 0 spiro atoms. The number of fused-ring (bicyclic) bond motifs is 5. The van der Waals surface area contributed by atoms with Crippen LogP contribution in [0.25, 0.3) is 28.4 Å². The number of nitrogens with zero attached hydrogens (tertiary/aromatic N) is 2. The number of aliphatic hydroxyl groups is 1. The fourth-order valence-corrected chi connectivity index (χ4v) is 4.97. The van der Waals surface area contributed by atoms with Crippen molar-refractivity contribution in [1.29, 1.82) is 0 Å². The molecule has 2 aromatic heterocycles. The maximum atomic E-state index is 13.4. The second-order valence-corrected chi connectivity index (χ2v) is 8.83. The predicted molar refractivity (Wildman–Crippen MR) is 120 cm³/mol. The van der Waals surface area contributed by atoms with E-state index in [4.69, 9.17) is 19.2 Å². The zero-order chi connectivity index (χ0) is 23.1. The smallest absolute Gasteiger partial charge is 0.343 e. The molecule has 0 saturated carbocycles. The van der Waals surface area contributed by atoms with Crippen molar-refractivity contribution in [3.63, 3.8) is 0 Å². The third kappa shape index (κ3) is 2.58. The highest BCUT2D eigenvalue weighted by Gasteiger charge is 2.45. The standard InChI is InChI=1S/C25H22N2O6/c1-4-25(30)16-9-18-21-14(10-27(18)23(28)15(16)11-32-24(25)29)13-7-8-31-22-19(33-12(2)3)6-5-17(26-21)20(13)22/h5-9,12,30H,4,10-11H2,1-3H3/t25-/m0/s1. The first-order chi connectivity index (χ1) is 15.8. The number of benzene rings is 1. The topological polar surface area (TPSA) is 99.9 Å². The number of aromatic nitrogens is 2. The van der Waals surface area contributed by atoms with Crippen LogP contribution in [0.3, 0.4) is 0 Å². The van der Waals surface area contributed by atoms with Gasteiger partial charge in [0.05, 0.1) is 46.8 Å². The molecule has 0 fully saturated rings. The normalized spacial score (nSPS) is 19.7. The number of rotatable bonds is 3. The van der Waals surface area contributed by atoms with Crippen LogP contribution < -0.4 is 15.0 Å². The molecule has 1 atom stereocenters. The van der Waals surface area contributed by atoms with E-state index >= 15 is 0 Å². The minimum Gasteiger partial charge on any atom is -0.487 e. The first-order valence-electron chi connectivity index (χ1n) is 11.0. The molecule has 6 rings (SSSR count). The summed E-state index contributed by atoms with van der Waals surface area (Å²) in [5.74, 6) is 0.511. The Labute approximate surface area is 189 Å². The third-order valence-corrected chi connectivity index (χ3v) is 6.60. The summed E-state index contributed by atoms with van der Waals surface area (Å²) in [7, 11) is 0. The van der Waals surface area contributed by atoms with Crippen LogP contribution in [0.15, 0.2) is 29.3 Å². The fraction of sp³-hybridized carbons (Fsp3) is 0.320. The molecule has 3 aromatic rings. The van der Waals surface area contributed by atoms with Crippen molar-refractivity contribution < 1.29 is 24.1 Å². The van der Waals surface area contributed by atoms with E-state index in [1.807, 2.05) is 32.1 Å². The lowest BCUT2D eigenvalue weighted by Gasteiger charge is -2.31. The van der Waals surface area contributed by atoms with Gasteiger partial charge in [-0.05, 0) is 50.1 Å². The zero-order valence-corrected chi connectivity index (χ0v) is 18.5. The summed E-state index contributed by atoms with van der Waals surface area (Å²) in [5, 5.41) is 11.9. The molecule has 0 unspecified atom stereocenters. The SMILES string of the molecule is CC[C@@]1(O)C(=O)OCc2c1cc1n(c2=O)Cc2c-1nc1ccc(OC(C)C)c3c1c2C=CO3. The summed E-state index contributed by atoms with van der Waals surface area (Å²) in [6, 6.07) is 5.43. The molecule has 8 nitrogen and oxygen atoms in total. The maximum Gasteiger partial charge on any atom is 0.343 e. The molecule has 1 N–H and O–H groups in total. The van der Waals surface area contributed by atoms with Gasteiger partial charge in [-0.1, -0.05) is 6.92 Å². The third-order valence-electron chi connectivity index (χ3n) is 6.60. The molecular formula is C25H22N2O6. The van der Waals surface area contributed by atoms with Crippen LogP contribution >= 0.6 is 0 Å². The van der Waals surface area contributed by atoms with Crippen molar-refractivity contribution in [1.82, 2.24) is 9.55 Å². The van der Waals surface area contributed by atoms with E-state index in [2.05, 4.69) is 0 Å². The number of cyclic esters (lactones) is 1. The molecule has 3 aliphatic heterocycles. The Morgan fingerprint density at radius 1 is 1.27 bits per heavy atom. The van der Waals surface area contributed by atoms with Gasteiger partial charge in [0.25, 0.3) is 5.56 Å². The van der Waals surface area contributed by atoms with Crippen molar-refractivity contribution >= 4 is 22.9 Å². The molecule has 3 aliphatic rings. The van der Waals surface area contributed by atoms with E-state index in [0.717, 1.165) is 16.5 Å². The van der Waals surface area contributed by atoms with Crippen LogP contribution in [-0.4, -0.2) is 26.7 Å². The molecule has 1 aromatic carbocycles. The lowest BCUT2D eigenvalue weighted by molar-refractivity contribution is -0.172. The van der Waals surface area contributed by atoms with Crippen LogP contribution in [0.1, 0.15) is 49.4 Å². The molecular weight excluding hydrogens is 424 g/mol. The van der Waals surface area contributed by atoms with E-state index in [0.29, 0.717) is 46.1 Å². The number of hydrogen-bond acceptors (Lipinski definition) is 7. The molecule has 0 radical (unpaired) electrons. The summed E-state index contributed by atoms with van der Waals surface area (Å²) in [5.41, 5.74) is 2.24. The molecule has 33 heavy (non-hydrogen) atoms. The number of esters is 1. The van der Waals surface area contributed by atoms with E-state index < -0.39 is 11.6 Å². The van der Waals surface area contributed by atoms with Crippen LogP contribution in [0.2, 0.25) is 0 Å². The summed E-state index contributed by atoms with van der Waals surface area (Å²) in [4.78, 5) is 30.6. The highest BCUT2D eigenvalue weighted by molar-refractivity contribution is 6.00. The minimum absolute atomic E-state index is 0.0181. The van der Waals surface area contributed by atoms with E-state index in [1.54, 1.807) is 23.8 Å². The van der Waals surface area contributed by atoms with Gasteiger partial charge in [0, 0.05) is 11.1 Å². The second-order valence-electron chi connectivity index (χ2n) is 8.83. The molecule has 5 heterocycles. The van der Waals surface area contributed by atoms with Crippen molar-refractivity contribution in [2.24, 2.45) is 0 Å². The van der Waals surface area contributed by atoms with Crippen LogP contribution in [0.4, 0.5) is 0 Å². The number of carbonyl (C=O) groups is 1. The number of hydrogen-bond donors (Lipinski definition) is 1. The molecule has 0 bridgehead atoms. The maximum absolute atomic E-state index is 13.4. The first kappa shape index (κ1) is 20.0. The molecule has 8 heteroatoms. The number of carbonyl (C=O) groups excluding carboxylic acids is 1. The van der Waals surface area contributed by atoms with Crippen LogP contribution in [0, 0.1) is 0 Å². The Kier molecular flexibility index (Phi) is 4.05. The van der Waals surface area contributed by atoms with Gasteiger partial charge < -0.3 is 23.9 Å². The van der Waals surface area contributed by atoms with Crippen LogP contribution in [0.5, 0.6) is 11.5 Å². The van der Waals surface area contributed by atoms with Crippen molar-refractivity contribution in [3.8, 4) is 22.9 Å². The van der Waals surface area contributed by atoms with Gasteiger partial charge in [-0.15, -0.1) is 0 Å². The van der Waals surface area contributed by atoms with Crippen molar-refractivity contribution in [2.75, 3.05) is 0 Å². The highest BCUT2D eigenvalue weighted by Crippen LogP contribution is 2.46. The largest absolute Gasteiger partial charge is 0.487 e.